The minimum atomic E-state index is -0.864. The van der Waals surface area contributed by atoms with E-state index in [-0.39, 0.29) is 11.8 Å². The third-order valence-electron chi connectivity index (χ3n) is 4.34. The van der Waals surface area contributed by atoms with Crippen molar-refractivity contribution in [3.8, 4) is 5.88 Å². The Kier molecular flexibility index (Phi) is 4.68. The normalized spacial score (nSPS) is 24.6. The van der Waals surface area contributed by atoms with Gasteiger partial charge in [-0.25, -0.2) is 4.98 Å². The molecule has 2 N–H and O–H groups in total. The van der Waals surface area contributed by atoms with Crippen molar-refractivity contribution in [2.45, 2.75) is 45.1 Å². The average molecular weight is 306 g/mol. The highest BCUT2D eigenvalue weighted by Gasteiger charge is 2.42. The Balaban J connectivity index is 2.25. The number of amides is 1. The van der Waals surface area contributed by atoms with Crippen LogP contribution in [0, 0.1) is 12.8 Å². The number of carboxylic acid groups (broad SMARTS) is 1. The zero-order valence-corrected chi connectivity index (χ0v) is 13.2. The van der Waals surface area contributed by atoms with Crippen LogP contribution in [0.4, 0.5) is 0 Å². The van der Waals surface area contributed by atoms with Crippen LogP contribution in [0.3, 0.4) is 0 Å². The number of aryl methyl sites for hydroxylation is 1. The van der Waals surface area contributed by atoms with E-state index in [1.165, 1.54) is 7.11 Å². The summed E-state index contributed by atoms with van der Waals surface area (Å²) in [5.41, 5.74) is 0.321. The molecule has 1 aromatic heterocycles. The molecule has 1 aromatic rings. The van der Waals surface area contributed by atoms with E-state index in [1.54, 1.807) is 19.1 Å². The lowest BCUT2D eigenvalue weighted by molar-refractivity contribution is -0.145. The number of aliphatic carboxylic acids is 1. The Morgan fingerprint density at radius 1 is 1.41 bits per heavy atom. The molecule has 22 heavy (non-hydrogen) atoms. The SMILES string of the molecule is COc1nc(C)ccc1C(=O)NC1(C)CCCCC1C(=O)O. The monoisotopic (exact) mass is 306 g/mol. The highest BCUT2D eigenvalue weighted by molar-refractivity contribution is 5.97. The largest absolute Gasteiger partial charge is 0.481 e. The van der Waals surface area contributed by atoms with Crippen LogP contribution in [0.15, 0.2) is 12.1 Å². The van der Waals surface area contributed by atoms with Crippen molar-refractivity contribution in [2.75, 3.05) is 7.11 Å². The minimum absolute atomic E-state index is 0.254. The highest BCUT2D eigenvalue weighted by atomic mass is 16.5. The van der Waals surface area contributed by atoms with E-state index in [2.05, 4.69) is 10.3 Å². The Morgan fingerprint density at radius 2 is 2.14 bits per heavy atom. The van der Waals surface area contributed by atoms with Crippen molar-refractivity contribution < 1.29 is 19.4 Å². The first kappa shape index (κ1) is 16.3. The molecule has 2 rings (SSSR count). The van der Waals surface area contributed by atoms with Gasteiger partial charge in [-0.1, -0.05) is 12.8 Å². The Labute approximate surface area is 129 Å². The van der Waals surface area contributed by atoms with Gasteiger partial charge in [-0.3, -0.25) is 9.59 Å². The second-order valence-corrected chi connectivity index (χ2v) is 6.02. The van der Waals surface area contributed by atoms with Crippen LogP contribution >= 0.6 is 0 Å². The van der Waals surface area contributed by atoms with Gasteiger partial charge >= 0.3 is 5.97 Å². The molecule has 0 radical (unpaired) electrons. The Hall–Kier alpha value is -2.11. The predicted molar refractivity (Wildman–Crippen MR) is 81.0 cm³/mol. The van der Waals surface area contributed by atoms with Crippen molar-refractivity contribution in [1.29, 1.82) is 0 Å². The smallest absolute Gasteiger partial charge is 0.308 e. The third kappa shape index (κ3) is 3.21. The first-order chi connectivity index (χ1) is 10.4. The topological polar surface area (TPSA) is 88.5 Å². The van der Waals surface area contributed by atoms with Crippen molar-refractivity contribution in [3.05, 3.63) is 23.4 Å². The van der Waals surface area contributed by atoms with Crippen LogP contribution < -0.4 is 10.1 Å². The molecule has 0 spiro atoms. The Bertz CT molecular complexity index is 588. The first-order valence-electron chi connectivity index (χ1n) is 7.44. The van der Waals surface area contributed by atoms with E-state index in [4.69, 9.17) is 4.74 Å². The predicted octanol–water partition coefficient (Wildman–Crippen LogP) is 2.16. The quantitative estimate of drug-likeness (QED) is 0.890. The molecule has 1 amide bonds. The average Bonchev–Trinajstić information content (AvgIpc) is 2.46. The number of hydrogen-bond acceptors (Lipinski definition) is 4. The molecular formula is C16H22N2O4. The van der Waals surface area contributed by atoms with Gasteiger partial charge < -0.3 is 15.2 Å². The van der Waals surface area contributed by atoms with Gasteiger partial charge in [0.15, 0.2) is 0 Å². The number of carboxylic acids is 1. The molecule has 0 bridgehead atoms. The van der Waals surface area contributed by atoms with E-state index in [0.717, 1.165) is 18.5 Å². The second kappa shape index (κ2) is 6.34. The minimum Gasteiger partial charge on any atom is -0.481 e. The lowest BCUT2D eigenvalue weighted by atomic mass is 9.73. The summed E-state index contributed by atoms with van der Waals surface area (Å²) in [6.45, 7) is 3.62. The number of ether oxygens (including phenoxy) is 1. The van der Waals surface area contributed by atoms with E-state index in [0.29, 0.717) is 18.4 Å². The Morgan fingerprint density at radius 3 is 2.77 bits per heavy atom. The zero-order chi connectivity index (χ0) is 16.3. The van der Waals surface area contributed by atoms with Crippen molar-refractivity contribution in [3.63, 3.8) is 0 Å². The van der Waals surface area contributed by atoms with Gasteiger partial charge in [0.1, 0.15) is 5.56 Å². The molecule has 6 nitrogen and oxygen atoms in total. The maximum absolute atomic E-state index is 12.6. The summed E-state index contributed by atoms with van der Waals surface area (Å²) in [4.78, 5) is 28.2. The fraction of sp³-hybridized carbons (Fsp3) is 0.562. The summed E-state index contributed by atoms with van der Waals surface area (Å²) in [5, 5.41) is 12.3. The number of methoxy groups -OCH3 is 1. The molecule has 0 aliphatic heterocycles. The molecule has 0 saturated heterocycles. The maximum atomic E-state index is 12.6. The molecule has 1 aliphatic carbocycles. The number of rotatable bonds is 4. The fourth-order valence-corrected chi connectivity index (χ4v) is 3.07. The number of pyridine rings is 1. The van der Waals surface area contributed by atoms with Crippen LogP contribution in [0.5, 0.6) is 5.88 Å². The number of nitrogens with one attached hydrogen (secondary N) is 1. The van der Waals surface area contributed by atoms with Crippen molar-refractivity contribution >= 4 is 11.9 Å². The molecule has 1 aliphatic rings. The van der Waals surface area contributed by atoms with Gasteiger partial charge in [0, 0.05) is 5.69 Å². The molecule has 1 fully saturated rings. The number of carbonyl (C=O) groups excluding carboxylic acids is 1. The van der Waals surface area contributed by atoms with Gasteiger partial charge in [0.25, 0.3) is 5.91 Å². The molecule has 2 unspecified atom stereocenters. The first-order valence-corrected chi connectivity index (χ1v) is 7.44. The molecule has 2 atom stereocenters. The highest BCUT2D eigenvalue weighted by Crippen LogP contribution is 2.34. The van der Waals surface area contributed by atoms with Crippen LogP contribution in [0.2, 0.25) is 0 Å². The number of carbonyl (C=O) groups is 2. The van der Waals surface area contributed by atoms with Crippen molar-refractivity contribution in [2.24, 2.45) is 5.92 Å². The number of aromatic nitrogens is 1. The summed E-state index contributed by atoms with van der Waals surface area (Å²) in [5.74, 6) is -1.53. The summed E-state index contributed by atoms with van der Waals surface area (Å²) in [6.07, 6.45) is 3.01. The number of hydrogen-bond donors (Lipinski definition) is 2. The van der Waals surface area contributed by atoms with Gasteiger partial charge in [-0.2, -0.15) is 0 Å². The summed E-state index contributed by atoms with van der Waals surface area (Å²) in [6, 6.07) is 3.38. The molecule has 120 valence electrons. The van der Waals surface area contributed by atoms with E-state index >= 15 is 0 Å². The van der Waals surface area contributed by atoms with Crippen molar-refractivity contribution in [1.82, 2.24) is 10.3 Å². The van der Waals surface area contributed by atoms with Crippen LogP contribution in [-0.4, -0.2) is 34.6 Å². The molecule has 6 heteroatoms. The molecule has 1 saturated carbocycles. The summed E-state index contributed by atoms with van der Waals surface area (Å²) < 4.78 is 5.16. The third-order valence-corrected chi connectivity index (χ3v) is 4.34. The van der Waals surface area contributed by atoms with Crippen LogP contribution in [0.25, 0.3) is 0 Å². The number of nitrogens with zero attached hydrogens (tertiary/aromatic N) is 1. The van der Waals surface area contributed by atoms with Crippen LogP contribution in [0.1, 0.15) is 48.7 Å². The van der Waals surface area contributed by atoms with Gasteiger partial charge in [-0.05, 0) is 38.8 Å². The van der Waals surface area contributed by atoms with Gasteiger partial charge in [0.2, 0.25) is 5.88 Å². The van der Waals surface area contributed by atoms with E-state index in [1.807, 2.05) is 6.92 Å². The van der Waals surface area contributed by atoms with Gasteiger partial charge in [0.05, 0.1) is 18.6 Å². The maximum Gasteiger partial charge on any atom is 0.308 e. The zero-order valence-electron chi connectivity index (χ0n) is 13.2. The van der Waals surface area contributed by atoms with E-state index in [9.17, 15) is 14.7 Å². The van der Waals surface area contributed by atoms with Crippen LogP contribution in [-0.2, 0) is 4.79 Å². The van der Waals surface area contributed by atoms with E-state index < -0.39 is 17.4 Å². The standard InChI is InChI=1S/C16H22N2O4/c1-10-7-8-11(14(17-10)22-3)13(19)18-16(2)9-5-4-6-12(16)15(20)21/h7-8,12H,4-6,9H2,1-3H3,(H,18,19)(H,20,21). The molecule has 1 heterocycles. The van der Waals surface area contributed by atoms with Gasteiger partial charge in [-0.15, -0.1) is 0 Å². The summed E-state index contributed by atoms with van der Waals surface area (Å²) >= 11 is 0. The lowest BCUT2D eigenvalue weighted by Gasteiger charge is -2.39. The second-order valence-electron chi connectivity index (χ2n) is 6.02. The molecular weight excluding hydrogens is 284 g/mol. The lowest BCUT2D eigenvalue weighted by Crippen LogP contribution is -2.55. The fourth-order valence-electron chi connectivity index (χ4n) is 3.07. The molecule has 0 aromatic carbocycles. The summed E-state index contributed by atoms with van der Waals surface area (Å²) in [7, 11) is 1.46.